The number of halogens is 1. The Morgan fingerprint density at radius 3 is 3.05 bits per heavy atom. The number of fused-ring (bicyclic) bond motifs is 2. The first-order valence-corrected chi connectivity index (χ1v) is 6.91. The molecule has 0 saturated carbocycles. The number of hydrogen-bond acceptors (Lipinski definition) is 3. The summed E-state index contributed by atoms with van der Waals surface area (Å²) in [5.41, 5.74) is 1.74. The Hall–Kier alpha value is -1.26. The number of likely N-dealkylation sites (tertiary alicyclic amines) is 1. The van der Waals surface area contributed by atoms with E-state index in [1.165, 1.54) is 0 Å². The second-order valence-corrected chi connectivity index (χ2v) is 5.95. The lowest BCUT2D eigenvalue weighted by molar-refractivity contribution is -0.141. The second-order valence-electron chi connectivity index (χ2n) is 5.51. The predicted molar refractivity (Wildman–Crippen MR) is 74.8 cm³/mol. The third-order valence-corrected chi connectivity index (χ3v) is 4.48. The number of hydrogen-bond donors (Lipinski definition) is 2. The van der Waals surface area contributed by atoms with Crippen LogP contribution >= 0.6 is 11.6 Å². The normalized spacial score (nSPS) is 30.1. The highest BCUT2D eigenvalue weighted by atomic mass is 35.5. The Labute approximate surface area is 117 Å². The van der Waals surface area contributed by atoms with Crippen LogP contribution in [-0.4, -0.2) is 42.2 Å². The number of aliphatic carboxylic acids is 1. The van der Waals surface area contributed by atoms with Gasteiger partial charge in [-0.2, -0.15) is 0 Å². The molecule has 0 bridgehead atoms. The summed E-state index contributed by atoms with van der Waals surface area (Å²) in [6, 6.07) is 5.67. The maximum Gasteiger partial charge on any atom is 0.311 e. The fraction of sp³-hybridized carbons (Fsp3) is 0.500. The van der Waals surface area contributed by atoms with Crippen LogP contribution < -0.4 is 5.32 Å². The zero-order valence-electron chi connectivity index (χ0n) is 10.8. The highest BCUT2D eigenvalue weighted by Gasteiger charge is 2.42. The van der Waals surface area contributed by atoms with Gasteiger partial charge in [0.05, 0.1) is 5.92 Å². The van der Waals surface area contributed by atoms with Crippen LogP contribution in [0.15, 0.2) is 18.2 Å². The van der Waals surface area contributed by atoms with Crippen molar-refractivity contribution in [3.63, 3.8) is 0 Å². The molecule has 4 nitrogen and oxygen atoms in total. The van der Waals surface area contributed by atoms with Crippen LogP contribution in [0.4, 0.5) is 5.69 Å². The van der Waals surface area contributed by atoms with E-state index >= 15 is 0 Å². The van der Waals surface area contributed by atoms with E-state index in [0.29, 0.717) is 5.02 Å². The minimum Gasteiger partial charge on any atom is -0.481 e. The van der Waals surface area contributed by atoms with Crippen molar-refractivity contribution in [2.75, 3.05) is 25.5 Å². The number of piperidine rings is 1. The van der Waals surface area contributed by atoms with Crippen molar-refractivity contribution >= 4 is 23.3 Å². The van der Waals surface area contributed by atoms with E-state index in [0.717, 1.165) is 30.8 Å². The van der Waals surface area contributed by atoms with Crippen molar-refractivity contribution in [2.45, 2.75) is 18.4 Å². The fourth-order valence-corrected chi connectivity index (χ4v) is 3.51. The summed E-state index contributed by atoms with van der Waals surface area (Å²) in [4.78, 5) is 13.9. The Morgan fingerprint density at radius 2 is 2.32 bits per heavy atom. The van der Waals surface area contributed by atoms with Gasteiger partial charge >= 0.3 is 5.97 Å². The molecule has 102 valence electrons. The Kier molecular flexibility index (Phi) is 3.15. The molecule has 1 aromatic carbocycles. The van der Waals surface area contributed by atoms with E-state index in [1.807, 2.05) is 19.2 Å². The van der Waals surface area contributed by atoms with Crippen LogP contribution in [0.25, 0.3) is 0 Å². The molecule has 5 heteroatoms. The topological polar surface area (TPSA) is 52.6 Å². The SMILES string of the molecule is CN1CCC2Nc3cc(Cl)ccc3C(C(=O)O)C2C1. The van der Waals surface area contributed by atoms with Gasteiger partial charge in [-0.1, -0.05) is 17.7 Å². The van der Waals surface area contributed by atoms with Gasteiger partial charge < -0.3 is 15.3 Å². The van der Waals surface area contributed by atoms with Gasteiger partial charge in [0.2, 0.25) is 0 Å². The third-order valence-electron chi connectivity index (χ3n) is 4.25. The summed E-state index contributed by atoms with van der Waals surface area (Å²) in [5.74, 6) is -1.07. The van der Waals surface area contributed by atoms with E-state index in [1.54, 1.807) is 6.07 Å². The number of anilines is 1. The molecule has 1 saturated heterocycles. The van der Waals surface area contributed by atoms with Crippen molar-refractivity contribution in [3.8, 4) is 0 Å². The first-order valence-electron chi connectivity index (χ1n) is 6.53. The van der Waals surface area contributed by atoms with Gasteiger partial charge in [0.1, 0.15) is 0 Å². The first kappa shape index (κ1) is 12.8. The molecule has 2 N–H and O–H groups in total. The van der Waals surface area contributed by atoms with E-state index < -0.39 is 11.9 Å². The molecule has 19 heavy (non-hydrogen) atoms. The lowest BCUT2D eigenvalue weighted by Gasteiger charge is -2.44. The van der Waals surface area contributed by atoms with Gasteiger partial charge in [-0.3, -0.25) is 4.79 Å². The highest BCUT2D eigenvalue weighted by Crippen LogP contribution is 2.42. The molecule has 3 unspecified atom stereocenters. The highest BCUT2D eigenvalue weighted by molar-refractivity contribution is 6.30. The minimum atomic E-state index is -0.740. The van der Waals surface area contributed by atoms with Crippen LogP contribution in [0.5, 0.6) is 0 Å². The van der Waals surface area contributed by atoms with Crippen molar-refractivity contribution < 1.29 is 9.90 Å². The molecule has 3 atom stereocenters. The summed E-state index contributed by atoms with van der Waals surface area (Å²) in [7, 11) is 2.05. The summed E-state index contributed by atoms with van der Waals surface area (Å²) in [6.45, 7) is 1.81. The predicted octanol–water partition coefficient (Wildman–Crippen LogP) is 2.25. The Morgan fingerprint density at radius 1 is 1.53 bits per heavy atom. The van der Waals surface area contributed by atoms with Crippen LogP contribution in [0, 0.1) is 5.92 Å². The van der Waals surface area contributed by atoms with Crippen molar-refractivity contribution in [1.29, 1.82) is 0 Å². The zero-order valence-corrected chi connectivity index (χ0v) is 11.5. The van der Waals surface area contributed by atoms with Gasteiger partial charge in [-0.05, 0) is 37.7 Å². The number of nitrogens with zero attached hydrogens (tertiary/aromatic N) is 1. The largest absolute Gasteiger partial charge is 0.481 e. The average Bonchev–Trinajstić information content (AvgIpc) is 2.35. The fourth-order valence-electron chi connectivity index (χ4n) is 3.34. The smallest absolute Gasteiger partial charge is 0.311 e. The number of carboxylic acids is 1. The maximum absolute atomic E-state index is 11.7. The summed E-state index contributed by atoms with van der Waals surface area (Å²) >= 11 is 6.01. The van der Waals surface area contributed by atoms with E-state index in [4.69, 9.17) is 11.6 Å². The molecular weight excluding hydrogens is 264 g/mol. The molecule has 2 heterocycles. The van der Waals surface area contributed by atoms with Crippen LogP contribution in [0.1, 0.15) is 17.9 Å². The van der Waals surface area contributed by atoms with Gasteiger partial charge in [0, 0.05) is 29.2 Å². The molecule has 2 aliphatic heterocycles. The zero-order chi connectivity index (χ0) is 13.6. The van der Waals surface area contributed by atoms with Crippen LogP contribution in [0.3, 0.4) is 0 Å². The number of carbonyl (C=O) groups is 1. The molecular formula is C14H17ClN2O2. The molecule has 0 aromatic heterocycles. The molecule has 0 amide bonds. The van der Waals surface area contributed by atoms with Crippen molar-refractivity contribution in [2.24, 2.45) is 5.92 Å². The summed E-state index contributed by atoms with van der Waals surface area (Å²) in [6.07, 6.45) is 0.969. The van der Waals surface area contributed by atoms with Crippen LogP contribution in [0.2, 0.25) is 5.02 Å². The molecule has 0 radical (unpaired) electrons. The van der Waals surface area contributed by atoms with Gasteiger partial charge in [0.25, 0.3) is 0 Å². The van der Waals surface area contributed by atoms with Gasteiger partial charge in [-0.15, -0.1) is 0 Å². The van der Waals surface area contributed by atoms with E-state index in [2.05, 4.69) is 10.2 Å². The van der Waals surface area contributed by atoms with Crippen molar-refractivity contribution in [3.05, 3.63) is 28.8 Å². The average molecular weight is 281 g/mol. The quantitative estimate of drug-likeness (QED) is 0.828. The Balaban J connectivity index is 2.04. The maximum atomic E-state index is 11.7. The lowest BCUT2D eigenvalue weighted by Crippen LogP contribution is -2.51. The molecule has 0 spiro atoms. The standard InChI is InChI=1S/C14H17ClN2O2/c1-17-5-4-11-10(7-17)13(14(18)19)9-3-2-8(15)6-12(9)16-11/h2-3,6,10-11,13,16H,4-5,7H2,1H3,(H,18,19). The Bertz CT molecular complexity index is 520. The summed E-state index contributed by atoms with van der Waals surface area (Å²) < 4.78 is 0. The number of nitrogens with one attached hydrogen (secondary N) is 1. The molecule has 0 aliphatic carbocycles. The minimum absolute atomic E-state index is 0.116. The molecule has 2 aliphatic rings. The van der Waals surface area contributed by atoms with Crippen LogP contribution in [-0.2, 0) is 4.79 Å². The molecule has 1 aromatic rings. The van der Waals surface area contributed by atoms with E-state index in [9.17, 15) is 9.90 Å². The first-order chi connectivity index (χ1) is 9.06. The number of rotatable bonds is 1. The molecule has 1 fully saturated rings. The monoisotopic (exact) mass is 280 g/mol. The number of benzene rings is 1. The lowest BCUT2D eigenvalue weighted by atomic mass is 9.74. The summed E-state index contributed by atoms with van der Waals surface area (Å²) in [5, 5.41) is 13.7. The second kappa shape index (κ2) is 4.69. The van der Waals surface area contributed by atoms with Crippen molar-refractivity contribution in [1.82, 2.24) is 4.90 Å². The number of carboxylic acid groups (broad SMARTS) is 1. The van der Waals surface area contributed by atoms with E-state index in [-0.39, 0.29) is 12.0 Å². The van der Waals surface area contributed by atoms with Gasteiger partial charge in [-0.25, -0.2) is 0 Å². The van der Waals surface area contributed by atoms with Gasteiger partial charge in [0.15, 0.2) is 0 Å². The molecule has 3 rings (SSSR count). The third kappa shape index (κ3) is 2.19.